The summed E-state index contributed by atoms with van der Waals surface area (Å²) in [5.41, 5.74) is 0.848. The van der Waals surface area contributed by atoms with E-state index in [4.69, 9.17) is 25.8 Å². The zero-order chi connectivity index (χ0) is 15.4. The zero-order valence-electron chi connectivity index (χ0n) is 12.0. The number of nitrogens with zero attached hydrogens (tertiary/aromatic N) is 1. The van der Waals surface area contributed by atoms with Gasteiger partial charge in [0.15, 0.2) is 11.5 Å². The number of halogens is 1. The highest BCUT2D eigenvalue weighted by atomic mass is 35.5. The molecule has 21 heavy (non-hydrogen) atoms. The number of ether oxygens (including phenoxy) is 3. The van der Waals surface area contributed by atoms with E-state index < -0.39 is 6.10 Å². The van der Waals surface area contributed by atoms with Gasteiger partial charge in [0.1, 0.15) is 17.5 Å². The molecular weight excluding hydrogens is 294 g/mol. The van der Waals surface area contributed by atoms with Gasteiger partial charge in [-0.05, 0) is 18.2 Å². The maximum atomic E-state index is 10.5. The van der Waals surface area contributed by atoms with Crippen LogP contribution in [0.4, 0.5) is 0 Å². The number of aliphatic hydroxyl groups is 1. The van der Waals surface area contributed by atoms with Crippen LogP contribution in [-0.2, 0) is 0 Å². The molecule has 0 saturated carbocycles. The number of pyridine rings is 1. The van der Waals surface area contributed by atoms with Crippen molar-refractivity contribution in [1.82, 2.24) is 4.98 Å². The van der Waals surface area contributed by atoms with Crippen LogP contribution < -0.4 is 14.2 Å². The van der Waals surface area contributed by atoms with Crippen molar-refractivity contribution in [1.29, 1.82) is 0 Å². The summed E-state index contributed by atoms with van der Waals surface area (Å²) in [7, 11) is 4.52. The van der Waals surface area contributed by atoms with Crippen LogP contribution in [0.25, 0.3) is 0 Å². The van der Waals surface area contributed by atoms with E-state index in [0.717, 1.165) is 0 Å². The van der Waals surface area contributed by atoms with E-state index in [0.29, 0.717) is 28.5 Å². The van der Waals surface area contributed by atoms with Crippen molar-refractivity contribution in [2.45, 2.75) is 6.10 Å². The first-order valence-electron chi connectivity index (χ1n) is 6.21. The number of rotatable bonds is 5. The highest BCUT2D eigenvalue weighted by Crippen LogP contribution is 2.41. The summed E-state index contributed by atoms with van der Waals surface area (Å²) in [5.74, 6) is 1.34. The Labute approximate surface area is 128 Å². The molecule has 0 bridgehead atoms. The van der Waals surface area contributed by atoms with Crippen molar-refractivity contribution in [2.75, 3.05) is 21.3 Å². The molecule has 0 radical (unpaired) electrons. The maximum absolute atomic E-state index is 10.5. The molecule has 0 aliphatic heterocycles. The van der Waals surface area contributed by atoms with E-state index >= 15 is 0 Å². The Kier molecular flexibility index (Phi) is 4.88. The maximum Gasteiger partial charge on any atom is 0.179 e. The Hall–Kier alpha value is -1.98. The molecule has 0 saturated heterocycles. The summed E-state index contributed by atoms with van der Waals surface area (Å²) in [5, 5.41) is 10.8. The third kappa shape index (κ3) is 2.89. The molecule has 0 fully saturated rings. The average Bonchev–Trinajstić information content (AvgIpc) is 2.53. The van der Waals surface area contributed by atoms with E-state index in [1.54, 1.807) is 30.5 Å². The third-order valence-electron chi connectivity index (χ3n) is 3.09. The smallest absolute Gasteiger partial charge is 0.179 e. The molecule has 2 rings (SSSR count). The lowest BCUT2D eigenvalue weighted by Gasteiger charge is -2.18. The van der Waals surface area contributed by atoms with Gasteiger partial charge < -0.3 is 19.3 Å². The van der Waals surface area contributed by atoms with Gasteiger partial charge in [-0.1, -0.05) is 17.7 Å². The Morgan fingerprint density at radius 2 is 1.76 bits per heavy atom. The van der Waals surface area contributed by atoms with Gasteiger partial charge in [0, 0.05) is 11.8 Å². The molecule has 1 aromatic carbocycles. The van der Waals surface area contributed by atoms with E-state index in [1.165, 1.54) is 21.3 Å². The number of hydrogen-bond donors (Lipinski definition) is 1. The molecule has 1 unspecified atom stereocenters. The summed E-state index contributed by atoms with van der Waals surface area (Å²) < 4.78 is 15.6. The fraction of sp³-hybridized carbons (Fsp3) is 0.267. The SMILES string of the molecule is COc1cccnc1C(O)c1ccc(OC)c(OC)c1Cl. The highest BCUT2D eigenvalue weighted by molar-refractivity contribution is 6.33. The molecule has 1 aromatic heterocycles. The lowest BCUT2D eigenvalue weighted by atomic mass is 10.0. The second kappa shape index (κ2) is 6.65. The summed E-state index contributed by atoms with van der Waals surface area (Å²) >= 11 is 6.30. The van der Waals surface area contributed by atoms with Gasteiger partial charge >= 0.3 is 0 Å². The summed E-state index contributed by atoms with van der Waals surface area (Å²) in [6, 6.07) is 6.80. The van der Waals surface area contributed by atoms with Crippen LogP contribution in [0, 0.1) is 0 Å². The van der Waals surface area contributed by atoms with Gasteiger partial charge in [-0.2, -0.15) is 0 Å². The highest BCUT2D eigenvalue weighted by Gasteiger charge is 2.23. The number of hydrogen-bond acceptors (Lipinski definition) is 5. The quantitative estimate of drug-likeness (QED) is 0.920. The normalized spacial score (nSPS) is 11.9. The Balaban J connectivity index is 2.51. The van der Waals surface area contributed by atoms with Gasteiger partial charge in [-0.15, -0.1) is 0 Å². The Bertz CT molecular complexity index is 633. The van der Waals surface area contributed by atoms with Crippen LogP contribution in [0.3, 0.4) is 0 Å². The molecular formula is C15H16ClNO4. The molecule has 0 aliphatic rings. The van der Waals surface area contributed by atoms with Crippen LogP contribution in [0.2, 0.25) is 5.02 Å². The summed E-state index contributed by atoms with van der Waals surface area (Å²) in [4.78, 5) is 4.16. The fourth-order valence-corrected chi connectivity index (χ4v) is 2.38. The first-order valence-corrected chi connectivity index (χ1v) is 6.59. The van der Waals surface area contributed by atoms with Gasteiger partial charge in [0.05, 0.1) is 26.4 Å². The van der Waals surface area contributed by atoms with Crippen molar-refractivity contribution >= 4 is 11.6 Å². The summed E-state index contributed by atoms with van der Waals surface area (Å²) in [6.45, 7) is 0. The molecule has 6 heteroatoms. The minimum atomic E-state index is -1.03. The molecule has 1 heterocycles. The largest absolute Gasteiger partial charge is 0.495 e. The molecule has 1 N–H and O–H groups in total. The van der Waals surface area contributed by atoms with Crippen LogP contribution in [0.15, 0.2) is 30.5 Å². The van der Waals surface area contributed by atoms with Crippen molar-refractivity contribution in [3.63, 3.8) is 0 Å². The molecule has 5 nitrogen and oxygen atoms in total. The first kappa shape index (κ1) is 15.4. The molecule has 0 amide bonds. The lowest BCUT2D eigenvalue weighted by molar-refractivity contribution is 0.208. The topological polar surface area (TPSA) is 60.8 Å². The van der Waals surface area contributed by atoms with E-state index in [1.807, 2.05) is 0 Å². The predicted molar refractivity (Wildman–Crippen MR) is 79.4 cm³/mol. The summed E-state index contributed by atoms with van der Waals surface area (Å²) in [6.07, 6.45) is 0.545. The van der Waals surface area contributed by atoms with E-state index in [-0.39, 0.29) is 5.02 Å². The molecule has 1 atom stereocenters. The van der Waals surface area contributed by atoms with Crippen molar-refractivity contribution in [3.8, 4) is 17.2 Å². The van der Waals surface area contributed by atoms with Crippen molar-refractivity contribution < 1.29 is 19.3 Å². The zero-order valence-corrected chi connectivity index (χ0v) is 12.7. The average molecular weight is 310 g/mol. The first-order chi connectivity index (χ1) is 10.1. The van der Waals surface area contributed by atoms with Gasteiger partial charge in [-0.3, -0.25) is 4.98 Å². The number of aliphatic hydroxyl groups excluding tert-OH is 1. The molecule has 112 valence electrons. The Morgan fingerprint density at radius 1 is 1.05 bits per heavy atom. The second-order valence-electron chi connectivity index (χ2n) is 4.20. The Morgan fingerprint density at radius 3 is 2.38 bits per heavy atom. The van der Waals surface area contributed by atoms with Crippen molar-refractivity contribution in [2.24, 2.45) is 0 Å². The van der Waals surface area contributed by atoms with E-state index in [9.17, 15) is 5.11 Å². The van der Waals surface area contributed by atoms with E-state index in [2.05, 4.69) is 4.98 Å². The van der Waals surface area contributed by atoms with Crippen molar-refractivity contribution in [3.05, 3.63) is 46.7 Å². The number of aromatic nitrogens is 1. The predicted octanol–water partition coefficient (Wildman–Crippen LogP) is 2.84. The lowest BCUT2D eigenvalue weighted by Crippen LogP contribution is -2.06. The minimum absolute atomic E-state index is 0.275. The second-order valence-corrected chi connectivity index (χ2v) is 4.58. The number of benzene rings is 1. The minimum Gasteiger partial charge on any atom is -0.495 e. The van der Waals surface area contributed by atoms with Gasteiger partial charge in [0.25, 0.3) is 0 Å². The van der Waals surface area contributed by atoms with Gasteiger partial charge in [0.2, 0.25) is 0 Å². The third-order valence-corrected chi connectivity index (χ3v) is 3.48. The van der Waals surface area contributed by atoms with Gasteiger partial charge in [-0.25, -0.2) is 0 Å². The molecule has 2 aromatic rings. The fourth-order valence-electron chi connectivity index (χ4n) is 2.04. The standard InChI is InChI=1S/C15H16ClNO4/c1-19-10-5-4-8-17-13(10)14(18)9-6-7-11(20-2)15(21-3)12(9)16/h4-8,14,18H,1-3H3. The van der Waals surface area contributed by atoms with Crippen LogP contribution >= 0.6 is 11.6 Å². The van der Waals surface area contributed by atoms with Crippen LogP contribution in [0.5, 0.6) is 17.2 Å². The molecule has 0 aliphatic carbocycles. The monoisotopic (exact) mass is 309 g/mol. The van der Waals surface area contributed by atoms with Crippen LogP contribution in [-0.4, -0.2) is 31.4 Å². The number of methoxy groups -OCH3 is 3. The molecule has 0 spiro atoms. The van der Waals surface area contributed by atoms with Crippen LogP contribution in [0.1, 0.15) is 17.4 Å².